The molecule has 0 spiro atoms. The van der Waals surface area contributed by atoms with E-state index in [1.807, 2.05) is 10.8 Å². The molecule has 94 valence electrons. The van der Waals surface area contributed by atoms with Gasteiger partial charge < -0.3 is 9.47 Å². The summed E-state index contributed by atoms with van der Waals surface area (Å²) in [5, 5.41) is 3.84. The van der Waals surface area contributed by atoms with Gasteiger partial charge in [0.25, 0.3) is 6.04 Å². The van der Waals surface area contributed by atoms with E-state index in [9.17, 15) is 9.59 Å². The Bertz CT molecular complexity index is 446. The van der Waals surface area contributed by atoms with Crippen molar-refractivity contribution in [2.24, 2.45) is 0 Å². The number of methoxy groups -OCH3 is 2. The van der Waals surface area contributed by atoms with Crippen LogP contribution in [0.1, 0.15) is 6.42 Å². The Balaban J connectivity index is 3.04. The lowest BCUT2D eigenvalue weighted by molar-refractivity contribution is -0.150. The van der Waals surface area contributed by atoms with E-state index in [4.69, 9.17) is 4.74 Å². The van der Waals surface area contributed by atoms with Crippen molar-refractivity contribution in [1.82, 2.24) is 4.58 Å². The molecule has 1 aromatic heterocycles. The number of esters is 2. The predicted octanol–water partition coefficient (Wildman–Crippen LogP) is 0.316. The Labute approximate surface area is 107 Å². The first-order chi connectivity index (χ1) is 8.10. The normalized spacial score (nSPS) is 11.7. The molecule has 1 heterocycles. The van der Waals surface area contributed by atoms with E-state index in [0.717, 1.165) is 3.98 Å². The topological polar surface area (TPSA) is 55.6 Å². The van der Waals surface area contributed by atoms with E-state index in [1.54, 1.807) is 11.6 Å². The lowest BCUT2D eigenvalue weighted by atomic mass is 10.2. The summed E-state index contributed by atoms with van der Waals surface area (Å²) in [5.74, 6) is -0.882. The highest BCUT2D eigenvalue weighted by molar-refractivity contribution is 7.24. The van der Waals surface area contributed by atoms with Crippen molar-refractivity contribution < 1.29 is 19.1 Å². The molecule has 0 aromatic carbocycles. The molecular weight excluding hydrogens is 262 g/mol. The number of carbonyl (C=O) groups excluding carboxylic acids is 2. The molecule has 0 saturated heterocycles. The predicted molar refractivity (Wildman–Crippen MR) is 65.8 cm³/mol. The number of rotatable bonds is 4. The van der Waals surface area contributed by atoms with Crippen molar-refractivity contribution in [1.29, 1.82) is 0 Å². The number of nitrogens with zero attached hydrogens (tertiary/aromatic N) is 1. The maximum atomic E-state index is 11.6. The van der Waals surface area contributed by atoms with Gasteiger partial charge in [0.15, 0.2) is 0 Å². The number of likely N-dealkylation sites (N-methyl/N-ethyl adjacent to an activating group) is 1. The summed E-state index contributed by atoms with van der Waals surface area (Å²) in [6.45, 7) is 0. The molecule has 0 aliphatic rings. The third kappa shape index (κ3) is 3.64. The van der Waals surface area contributed by atoms with Crippen molar-refractivity contribution in [2.75, 3.05) is 21.3 Å². The Morgan fingerprint density at radius 3 is 2.35 bits per heavy atom. The van der Waals surface area contributed by atoms with Crippen molar-refractivity contribution in [3.63, 3.8) is 0 Å². The maximum absolute atomic E-state index is 11.6. The quantitative estimate of drug-likeness (QED) is 0.587. The van der Waals surface area contributed by atoms with Gasteiger partial charge in [-0.25, -0.2) is 9.37 Å². The number of hydrogen-bond donors (Lipinski definition) is 0. The average Bonchev–Trinajstić information content (AvgIpc) is 2.87. The van der Waals surface area contributed by atoms with Gasteiger partial charge in [0, 0.05) is 10.8 Å². The summed E-state index contributed by atoms with van der Waals surface area (Å²) < 4.78 is 11.9. The number of ether oxygens (including phenoxy) is 2. The second-order valence-corrected chi connectivity index (χ2v) is 5.25. The van der Waals surface area contributed by atoms with Crippen molar-refractivity contribution in [3.05, 3.63) is 14.7 Å². The molecule has 0 N–H and O–H groups in total. The highest BCUT2D eigenvalue weighted by Crippen LogP contribution is 2.01. The average molecular weight is 276 g/mol. The van der Waals surface area contributed by atoms with Gasteiger partial charge in [-0.1, -0.05) is 22.7 Å². The maximum Gasteiger partial charge on any atom is 0.375 e. The lowest BCUT2D eigenvalue weighted by Gasteiger charge is -2.08. The monoisotopic (exact) mass is 276 g/mol. The first-order valence-corrected chi connectivity index (χ1v) is 6.58. The van der Waals surface area contributed by atoms with Crippen molar-refractivity contribution in [2.45, 2.75) is 12.5 Å². The van der Waals surface area contributed by atoms with Crippen LogP contribution in [0.4, 0.5) is 0 Å². The van der Waals surface area contributed by atoms with Gasteiger partial charge >= 0.3 is 15.9 Å². The summed E-state index contributed by atoms with van der Waals surface area (Å²) in [7, 11) is 4.36. The molecule has 0 amide bonds. The van der Waals surface area contributed by atoms with Gasteiger partial charge in [-0.15, -0.1) is 0 Å². The summed E-state index contributed by atoms with van der Waals surface area (Å²) in [6, 6.07) is -0.651. The van der Waals surface area contributed by atoms with Gasteiger partial charge in [0.05, 0.1) is 14.2 Å². The molecule has 0 radical (unpaired) electrons. The molecule has 17 heavy (non-hydrogen) atoms. The molecule has 0 aliphatic carbocycles. The Morgan fingerprint density at radius 1 is 1.29 bits per heavy atom. The van der Waals surface area contributed by atoms with Crippen molar-refractivity contribution in [3.8, 4) is 0 Å². The van der Waals surface area contributed by atoms with E-state index < -0.39 is 18.0 Å². The first kappa shape index (κ1) is 13.9. The molecule has 0 saturated carbocycles. The van der Waals surface area contributed by atoms with E-state index in [-0.39, 0.29) is 6.42 Å². The highest BCUT2D eigenvalue weighted by atomic mass is 32.2. The molecular formula is C10H14NO4S2+. The molecule has 0 bridgehead atoms. The fraction of sp³-hybridized carbons (Fsp3) is 0.500. The minimum absolute atomic E-state index is 0.0235. The van der Waals surface area contributed by atoms with Crippen LogP contribution in [0.15, 0.2) is 10.8 Å². The number of carbonyl (C=O) groups is 2. The molecule has 0 fully saturated rings. The molecule has 0 aliphatic heterocycles. The third-order valence-corrected chi connectivity index (χ3v) is 4.48. The van der Waals surface area contributed by atoms with Crippen LogP contribution in [-0.2, 0) is 19.1 Å². The van der Waals surface area contributed by atoms with E-state index >= 15 is 0 Å². The van der Waals surface area contributed by atoms with Gasteiger partial charge in [-0.3, -0.25) is 4.79 Å². The Kier molecular flexibility index (Phi) is 5.30. The molecule has 1 atom stereocenters. The third-order valence-electron chi connectivity index (χ3n) is 2.21. The lowest BCUT2D eigenvalue weighted by Crippen LogP contribution is -2.42. The second-order valence-electron chi connectivity index (χ2n) is 3.20. The Hall–Kier alpha value is -1.21. The molecule has 7 heteroatoms. The van der Waals surface area contributed by atoms with Crippen LogP contribution >= 0.6 is 22.7 Å². The smallest absolute Gasteiger partial charge is 0.375 e. The van der Waals surface area contributed by atoms with Gasteiger partial charge in [-0.05, 0) is 0 Å². The second kappa shape index (κ2) is 6.51. The summed E-state index contributed by atoms with van der Waals surface area (Å²) in [4.78, 5) is 22.9. The summed E-state index contributed by atoms with van der Waals surface area (Å²) in [6.07, 6.45) is -0.0235. The fourth-order valence-corrected chi connectivity index (χ4v) is 3.07. The zero-order valence-electron chi connectivity index (χ0n) is 9.84. The highest BCUT2D eigenvalue weighted by Gasteiger charge is 2.32. The summed E-state index contributed by atoms with van der Waals surface area (Å²) in [5.41, 5.74) is 0. The van der Waals surface area contributed by atoms with Gasteiger partial charge in [-0.2, -0.15) is 0 Å². The number of hydrogen-bond acceptors (Lipinski definition) is 6. The zero-order valence-corrected chi connectivity index (χ0v) is 11.5. The summed E-state index contributed by atoms with van der Waals surface area (Å²) >= 11 is 3.01. The molecule has 1 aromatic rings. The fourth-order valence-electron chi connectivity index (χ4n) is 1.25. The van der Waals surface area contributed by atoms with Gasteiger partial charge in [0.1, 0.15) is 13.5 Å². The van der Waals surface area contributed by atoms with Crippen LogP contribution in [0.5, 0.6) is 0 Å². The van der Waals surface area contributed by atoms with E-state index in [2.05, 4.69) is 4.74 Å². The van der Waals surface area contributed by atoms with Crippen LogP contribution in [-0.4, -0.2) is 39.2 Å². The molecule has 1 unspecified atom stereocenters. The SMILES string of the molecule is COC(=O)CC(C(=O)OC)[N+](C)=c1sccs1. The molecule has 5 nitrogen and oxygen atoms in total. The zero-order chi connectivity index (χ0) is 12.8. The minimum atomic E-state index is -0.651. The minimum Gasteiger partial charge on any atom is -0.469 e. The van der Waals surface area contributed by atoms with E-state index in [0.29, 0.717) is 0 Å². The van der Waals surface area contributed by atoms with Crippen LogP contribution in [0.25, 0.3) is 0 Å². The van der Waals surface area contributed by atoms with Crippen LogP contribution in [0, 0.1) is 0 Å². The first-order valence-electron chi connectivity index (χ1n) is 4.83. The van der Waals surface area contributed by atoms with E-state index in [1.165, 1.54) is 36.9 Å². The largest absolute Gasteiger partial charge is 0.469 e. The van der Waals surface area contributed by atoms with Gasteiger partial charge in [0.2, 0.25) is 0 Å². The van der Waals surface area contributed by atoms with Crippen LogP contribution in [0.3, 0.4) is 0 Å². The van der Waals surface area contributed by atoms with Crippen molar-refractivity contribution >= 4 is 34.6 Å². The molecule has 1 rings (SSSR count). The van der Waals surface area contributed by atoms with Crippen LogP contribution in [0.2, 0.25) is 0 Å². The standard InChI is InChI=1S/C10H14NO4S2/c1-11(10-16-4-5-17-10)7(9(13)15-3)6-8(12)14-2/h4-5,7H,6H2,1-3H3/q+1. The Morgan fingerprint density at radius 2 is 1.88 bits per heavy atom. The van der Waals surface area contributed by atoms with Crippen LogP contribution < -0.4 is 8.56 Å².